The fraction of sp³-hybridized carbons (Fsp3) is 0.850. The van der Waals surface area contributed by atoms with Crippen LogP contribution in [0.2, 0.25) is 0 Å². The van der Waals surface area contributed by atoms with Gasteiger partial charge >= 0.3 is 0 Å². The Kier molecular flexibility index (Phi) is 4.55. The molecular formula is C20H29NO5. The number of nitrogens with one attached hydrogen (secondary N) is 1. The van der Waals surface area contributed by atoms with Crippen LogP contribution >= 0.6 is 0 Å². The summed E-state index contributed by atoms with van der Waals surface area (Å²) >= 11 is 0. The van der Waals surface area contributed by atoms with Crippen molar-refractivity contribution in [3.8, 4) is 12.3 Å². The molecule has 5 fully saturated rings. The Morgan fingerprint density at radius 3 is 2.81 bits per heavy atom. The zero-order valence-corrected chi connectivity index (χ0v) is 15.8. The highest BCUT2D eigenvalue weighted by Crippen LogP contribution is 2.60. The van der Waals surface area contributed by atoms with Crippen molar-refractivity contribution in [1.82, 2.24) is 5.32 Å². The molecule has 144 valence electrons. The third kappa shape index (κ3) is 2.68. The molecule has 8 atom stereocenters. The van der Waals surface area contributed by atoms with E-state index in [4.69, 9.17) is 25.7 Å². The van der Waals surface area contributed by atoms with Crippen LogP contribution in [0.25, 0.3) is 0 Å². The number of hydrogen-bond acceptors (Lipinski definition) is 5. The molecule has 6 heteroatoms. The summed E-state index contributed by atoms with van der Waals surface area (Å²) in [6.45, 7) is 6.60. The molecule has 4 heterocycles. The Morgan fingerprint density at radius 2 is 2.04 bits per heavy atom. The molecule has 1 aliphatic carbocycles. The normalized spacial score (nSPS) is 49.6. The minimum absolute atomic E-state index is 0.0846. The molecule has 1 N–H and O–H groups in total. The van der Waals surface area contributed by atoms with E-state index >= 15 is 0 Å². The van der Waals surface area contributed by atoms with E-state index in [9.17, 15) is 4.79 Å². The zero-order valence-electron chi connectivity index (χ0n) is 15.8. The first-order valence-corrected chi connectivity index (χ1v) is 9.80. The van der Waals surface area contributed by atoms with Crippen molar-refractivity contribution >= 4 is 5.91 Å². The van der Waals surface area contributed by atoms with Crippen molar-refractivity contribution in [3.63, 3.8) is 0 Å². The lowest BCUT2D eigenvalue weighted by atomic mass is 9.57. The molecule has 0 unspecified atom stereocenters. The average Bonchev–Trinajstić information content (AvgIpc) is 2.84. The Hall–Kier alpha value is -1.13. The third-order valence-electron chi connectivity index (χ3n) is 7.07. The van der Waals surface area contributed by atoms with Gasteiger partial charge in [0.25, 0.3) is 0 Å². The van der Waals surface area contributed by atoms with Gasteiger partial charge in [-0.25, -0.2) is 9.78 Å². The maximum atomic E-state index is 12.2. The second kappa shape index (κ2) is 6.49. The SMILES string of the molecule is C#CCNC(=O)C[C@H]1O[C@@H]2O[C@@]3(C)CC[C@H]4[C@H](C)CC[C@@H]([C@H]1C)[C@@]24OO3. The molecule has 1 spiro atoms. The summed E-state index contributed by atoms with van der Waals surface area (Å²) in [5.41, 5.74) is -0.571. The summed E-state index contributed by atoms with van der Waals surface area (Å²) in [5, 5.41) is 2.74. The van der Waals surface area contributed by atoms with Crippen molar-refractivity contribution < 1.29 is 24.0 Å². The maximum Gasteiger partial charge on any atom is 0.223 e. The van der Waals surface area contributed by atoms with Gasteiger partial charge in [0.1, 0.15) is 0 Å². The minimum Gasteiger partial charge on any atom is -0.345 e. The largest absolute Gasteiger partial charge is 0.345 e. The fourth-order valence-electron chi connectivity index (χ4n) is 5.62. The lowest BCUT2D eigenvalue weighted by Gasteiger charge is -2.60. The molecule has 2 bridgehead atoms. The summed E-state index contributed by atoms with van der Waals surface area (Å²) in [5.74, 6) is 2.86. The van der Waals surface area contributed by atoms with Crippen LogP contribution in [-0.2, 0) is 24.0 Å². The standard InChI is InChI=1S/C20H29NO5/c1-5-10-21-17(22)11-16-13(3)15-7-6-12(2)14-8-9-19(4)24-18(23-16)20(14,15)26-25-19/h1,12-16,18H,6-11H2,2-4H3,(H,21,22)/t12-,13-,14+,15+,16-,18-,19-,20-/m1/s1. The van der Waals surface area contributed by atoms with Gasteiger partial charge in [0, 0.05) is 12.3 Å². The van der Waals surface area contributed by atoms with Crippen LogP contribution in [0.4, 0.5) is 0 Å². The smallest absolute Gasteiger partial charge is 0.223 e. The predicted octanol–water partition coefficient (Wildman–Crippen LogP) is 2.38. The molecule has 1 saturated carbocycles. The number of terminal acetylenes is 1. The van der Waals surface area contributed by atoms with Crippen LogP contribution in [0.15, 0.2) is 0 Å². The van der Waals surface area contributed by atoms with Crippen molar-refractivity contribution in [2.24, 2.45) is 23.7 Å². The highest BCUT2D eigenvalue weighted by atomic mass is 17.3. The van der Waals surface area contributed by atoms with Gasteiger partial charge < -0.3 is 14.8 Å². The quantitative estimate of drug-likeness (QED) is 0.616. The Balaban J connectivity index is 1.62. The van der Waals surface area contributed by atoms with Gasteiger partial charge in [-0.3, -0.25) is 4.79 Å². The van der Waals surface area contributed by atoms with Crippen LogP contribution in [-0.4, -0.2) is 36.2 Å². The van der Waals surface area contributed by atoms with Gasteiger partial charge in [0.2, 0.25) is 11.7 Å². The first kappa shape index (κ1) is 18.2. The van der Waals surface area contributed by atoms with E-state index in [0.717, 1.165) is 25.7 Å². The number of amides is 1. The van der Waals surface area contributed by atoms with Crippen LogP contribution in [0, 0.1) is 36.0 Å². The summed E-state index contributed by atoms with van der Waals surface area (Å²) in [4.78, 5) is 24.1. The molecule has 5 rings (SSSR count). The molecule has 0 radical (unpaired) electrons. The van der Waals surface area contributed by atoms with Crippen LogP contribution in [0.5, 0.6) is 0 Å². The number of rotatable bonds is 3. The molecular weight excluding hydrogens is 334 g/mol. The number of carbonyl (C=O) groups is 1. The van der Waals surface area contributed by atoms with Crippen molar-refractivity contribution in [3.05, 3.63) is 0 Å². The van der Waals surface area contributed by atoms with Crippen molar-refractivity contribution in [2.45, 2.75) is 76.7 Å². The molecule has 4 saturated heterocycles. The topological polar surface area (TPSA) is 66.0 Å². The van der Waals surface area contributed by atoms with Crippen LogP contribution in [0.3, 0.4) is 0 Å². The minimum atomic E-state index is -0.783. The molecule has 5 aliphatic rings. The molecule has 26 heavy (non-hydrogen) atoms. The fourth-order valence-corrected chi connectivity index (χ4v) is 5.62. The summed E-state index contributed by atoms with van der Waals surface area (Å²) in [6, 6.07) is 0. The number of fused-ring (bicyclic) bond motifs is 2. The third-order valence-corrected chi connectivity index (χ3v) is 7.07. The summed E-state index contributed by atoms with van der Waals surface area (Å²) in [6.07, 6.45) is 8.79. The van der Waals surface area contributed by atoms with Crippen molar-refractivity contribution in [2.75, 3.05) is 6.54 Å². The number of hydrogen-bond donors (Lipinski definition) is 1. The second-order valence-electron chi connectivity index (χ2n) is 8.63. The van der Waals surface area contributed by atoms with E-state index < -0.39 is 17.7 Å². The molecule has 6 nitrogen and oxygen atoms in total. The van der Waals surface area contributed by atoms with Gasteiger partial charge in [-0.2, -0.15) is 0 Å². The van der Waals surface area contributed by atoms with Gasteiger partial charge in [0.15, 0.2) is 11.9 Å². The van der Waals surface area contributed by atoms with Crippen LogP contribution in [0.1, 0.15) is 52.9 Å². The lowest BCUT2D eigenvalue weighted by molar-refractivity contribution is -0.570. The van der Waals surface area contributed by atoms with Gasteiger partial charge in [0.05, 0.1) is 19.1 Å². The molecule has 4 aliphatic heterocycles. The number of carbonyl (C=O) groups excluding carboxylic acids is 1. The second-order valence-corrected chi connectivity index (χ2v) is 8.63. The first-order valence-electron chi connectivity index (χ1n) is 9.80. The van der Waals surface area contributed by atoms with E-state index in [1.165, 1.54) is 0 Å². The molecule has 1 amide bonds. The highest BCUT2D eigenvalue weighted by Gasteiger charge is 2.69. The monoisotopic (exact) mass is 363 g/mol. The number of ether oxygens (including phenoxy) is 2. The predicted molar refractivity (Wildman–Crippen MR) is 93.3 cm³/mol. The van der Waals surface area contributed by atoms with E-state index in [0.29, 0.717) is 11.8 Å². The van der Waals surface area contributed by atoms with E-state index in [2.05, 4.69) is 25.1 Å². The van der Waals surface area contributed by atoms with Crippen LogP contribution < -0.4 is 5.32 Å². The van der Waals surface area contributed by atoms with E-state index in [1.54, 1.807) is 0 Å². The van der Waals surface area contributed by atoms with Gasteiger partial charge in [-0.05, 0) is 43.9 Å². The highest BCUT2D eigenvalue weighted by molar-refractivity contribution is 5.76. The Morgan fingerprint density at radius 1 is 1.23 bits per heavy atom. The summed E-state index contributed by atoms with van der Waals surface area (Å²) in [7, 11) is 0. The zero-order chi connectivity index (χ0) is 18.5. The van der Waals surface area contributed by atoms with E-state index in [1.807, 2.05) is 6.92 Å². The maximum absolute atomic E-state index is 12.2. The molecule has 0 aromatic heterocycles. The van der Waals surface area contributed by atoms with Crippen molar-refractivity contribution in [1.29, 1.82) is 0 Å². The Labute approximate surface area is 155 Å². The first-order chi connectivity index (χ1) is 12.4. The Bertz CT molecular complexity index is 618. The van der Waals surface area contributed by atoms with Gasteiger partial charge in [-0.15, -0.1) is 6.42 Å². The molecule has 0 aromatic rings. The lowest BCUT2D eigenvalue weighted by Crippen LogP contribution is -2.70. The average molecular weight is 363 g/mol. The summed E-state index contributed by atoms with van der Waals surface area (Å²) < 4.78 is 12.7. The van der Waals surface area contributed by atoms with Gasteiger partial charge in [-0.1, -0.05) is 19.8 Å². The molecule has 0 aromatic carbocycles. The van der Waals surface area contributed by atoms with E-state index in [-0.39, 0.29) is 36.8 Å².